The van der Waals surface area contributed by atoms with E-state index in [4.69, 9.17) is 20.0 Å². The zero-order valence-electron chi connectivity index (χ0n) is 21.8. The summed E-state index contributed by atoms with van der Waals surface area (Å²) >= 11 is 0. The second kappa shape index (κ2) is 27.4. The van der Waals surface area contributed by atoms with Gasteiger partial charge in [-0.05, 0) is 32.1 Å². The van der Waals surface area contributed by atoms with Crippen molar-refractivity contribution in [1.29, 1.82) is 10.5 Å². The topological polar surface area (TPSA) is 86.3 Å². The van der Waals surface area contributed by atoms with E-state index in [-0.39, 0.29) is 5.91 Å². The number of amides is 1. The molecule has 0 heterocycles. The van der Waals surface area contributed by atoms with Gasteiger partial charge >= 0.3 is 0 Å². The molecule has 0 aromatic heterocycles. The SMILES string of the molecule is CCCCCCCC/C=C\CCCCCCCC(=O)N(CCOCCC#N)CCOCCC#N. The summed E-state index contributed by atoms with van der Waals surface area (Å²) in [4.78, 5) is 14.4. The Morgan fingerprint density at radius 1 is 0.706 bits per heavy atom. The van der Waals surface area contributed by atoms with Crippen molar-refractivity contribution in [1.82, 2.24) is 4.90 Å². The summed E-state index contributed by atoms with van der Waals surface area (Å²) < 4.78 is 10.8. The summed E-state index contributed by atoms with van der Waals surface area (Å²) in [6.07, 6.45) is 22.1. The Bertz CT molecular complexity index is 542. The van der Waals surface area contributed by atoms with Crippen LogP contribution in [0.2, 0.25) is 0 Å². The summed E-state index contributed by atoms with van der Waals surface area (Å²) in [6.45, 7) is 4.93. The molecular formula is C28H49N3O3. The zero-order valence-corrected chi connectivity index (χ0v) is 21.8. The van der Waals surface area contributed by atoms with Crippen LogP contribution in [0.1, 0.15) is 110 Å². The summed E-state index contributed by atoms with van der Waals surface area (Å²) in [7, 11) is 0. The van der Waals surface area contributed by atoms with Crippen LogP contribution in [0.5, 0.6) is 0 Å². The molecule has 0 spiro atoms. The molecule has 0 radical (unpaired) electrons. The highest BCUT2D eigenvalue weighted by atomic mass is 16.5. The van der Waals surface area contributed by atoms with Crippen molar-refractivity contribution in [3.8, 4) is 12.1 Å². The normalized spacial score (nSPS) is 10.9. The highest BCUT2D eigenvalue weighted by molar-refractivity contribution is 5.76. The number of hydrogen-bond acceptors (Lipinski definition) is 5. The fourth-order valence-electron chi connectivity index (χ4n) is 3.66. The van der Waals surface area contributed by atoms with Gasteiger partial charge in [0.15, 0.2) is 0 Å². The van der Waals surface area contributed by atoms with Gasteiger partial charge in [0.05, 0.1) is 51.4 Å². The Balaban J connectivity index is 3.83. The molecule has 0 aliphatic rings. The predicted molar refractivity (Wildman–Crippen MR) is 138 cm³/mol. The zero-order chi connectivity index (χ0) is 25.0. The van der Waals surface area contributed by atoms with Crippen molar-refractivity contribution in [2.75, 3.05) is 39.5 Å². The van der Waals surface area contributed by atoms with Crippen LogP contribution >= 0.6 is 0 Å². The van der Waals surface area contributed by atoms with Gasteiger partial charge in [-0.3, -0.25) is 4.79 Å². The van der Waals surface area contributed by atoms with Crippen LogP contribution in [-0.4, -0.2) is 50.3 Å². The Hall–Kier alpha value is -1.89. The van der Waals surface area contributed by atoms with E-state index in [1.807, 2.05) is 12.1 Å². The Labute approximate surface area is 209 Å². The van der Waals surface area contributed by atoms with Crippen LogP contribution in [0.15, 0.2) is 12.2 Å². The maximum Gasteiger partial charge on any atom is 0.222 e. The van der Waals surface area contributed by atoms with Gasteiger partial charge in [-0.1, -0.05) is 70.4 Å². The third-order valence-corrected chi connectivity index (χ3v) is 5.73. The maximum atomic E-state index is 12.6. The van der Waals surface area contributed by atoms with Gasteiger partial charge in [-0.15, -0.1) is 0 Å². The Morgan fingerprint density at radius 3 is 1.68 bits per heavy atom. The molecule has 6 nitrogen and oxygen atoms in total. The molecule has 0 bridgehead atoms. The van der Waals surface area contributed by atoms with Crippen LogP contribution in [0, 0.1) is 22.7 Å². The molecule has 0 aliphatic heterocycles. The monoisotopic (exact) mass is 475 g/mol. The summed E-state index contributed by atoms with van der Waals surface area (Å²) in [5.74, 6) is 0.130. The lowest BCUT2D eigenvalue weighted by atomic mass is 10.1. The van der Waals surface area contributed by atoms with Crippen LogP contribution in [0.3, 0.4) is 0 Å². The second-order valence-electron chi connectivity index (χ2n) is 8.76. The number of carbonyl (C=O) groups excluding carboxylic acids is 1. The van der Waals surface area contributed by atoms with Gasteiger partial charge in [0.25, 0.3) is 0 Å². The molecular weight excluding hydrogens is 426 g/mol. The number of nitrogens with zero attached hydrogens (tertiary/aromatic N) is 3. The first-order valence-corrected chi connectivity index (χ1v) is 13.6. The van der Waals surface area contributed by atoms with E-state index in [0.717, 1.165) is 12.8 Å². The van der Waals surface area contributed by atoms with E-state index in [2.05, 4.69) is 19.1 Å². The van der Waals surface area contributed by atoms with Crippen LogP contribution in [-0.2, 0) is 14.3 Å². The average molecular weight is 476 g/mol. The number of ether oxygens (including phenoxy) is 2. The molecule has 0 atom stereocenters. The number of nitriles is 2. The van der Waals surface area contributed by atoms with E-state index in [0.29, 0.717) is 58.8 Å². The first-order chi connectivity index (χ1) is 16.8. The van der Waals surface area contributed by atoms with Crippen molar-refractivity contribution in [3.63, 3.8) is 0 Å². The van der Waals surface area contributed by atoms with E-state index < -0.39 is 0 Å². The largest absolute Gasteiger partial charge is 0.379 e. The minimum atomic E-state index is 0.130. The van der Waals surface area contributed by atoms with Crippen molar-refractivity contribution in [2.45, 2.75) is 110 Å². The highest BCUT2D eigenvalue weighted by Gasteiger charge is 2.13. The van der Waals surface area contributed by atoms with Crippen LogP contribution in [0.4, 0.5) is 0 Å². The first-order valence-electron chi connectivity index (χ1n) is 13.6. The smallest absolute Gasteiger partial charge is 0.222 e. The second-order valence-corrected chi connectivity index (χ2v) is 8.76. The number of rotatable bonds is 25. The van der Waals surface area contributed by atoms with Crippen molar-refractivity contribution in [3.05, 3.63) is 12.2 Å². The number of unbranched alkanes of at least 4 members (excludes halogenated alkanes) is 11. The Morgan fingerprint density at radius 2 is 1.18 bits per heavy atom. The average Bonchev–Trinajstić information content (AvgIpc) is 2.84. The molecule has 0 saturated heterocycles. The molecule has 0 fully saturated rings. The molecule has 0 rings (SSSR count). The van der Waals surface area contributed by atoms with Gasteiger partial charge in [0, 0.05) is 19.5 Å². The van der Waals surface area contributed by atoms with Crippen molar-refractivity contribution in [2.24, 2.45) is 0 Å². The summed E-state index contributed by atoms with van der Waals surface area (Å²) in [5, 5.41) is 17.2. The number of allylic oxidation sites excluding steroid dienone is 2. The molecule has 6 heteroatoms. The lowest BCUT2D eigenvalue weighted by molar-refractivity contribution is -0.132. The van der Waals surface area contributed by atoms with E-state index in [9.17, 15) is 4.79 Å². The van der Waals surface area contributed by atoms with Crippen LogP contribution in [0.25, 0.3) is 0 Å². The molecule has 0 saturated carbocycles. The third-order valence-electron chi connectivity index (χ3n) is 5.73. The predicted octanol–water partition coefficient (Wildman–Crippen LogP) is 6.71. The molecule has 34 heavy (non-hydrogen) atoms. The molecule has 0 aromatic carbocycles. The summed E-state index contributed by atoms with van der Waals surface area (Å²) in [6, 6.07) is 4.10. The standard InChI is InChI=1S/C28H49N3O3/c1-2-3-4-5-6-7-8-9-10-11-12-13-14-15-16-19-28(32)31(22-26-33-24-17-20-29)23-27-34-25-18-21-30/h9-10H,2-8,11-19,22-27H2,1H3/b10-9-. The fourth-order valence-corrected chi connectivity index (χ4v) is 3.66. The Kier molecular flexibility index (Phi) is 25.8. The van der Waals surface area contributed by atoms with E-state index in [1.165, 1.54) is 70.6 Å². The molecule has 0 N–H and O–H groups in total. The lowest BCUT2D eigenvalue weighted by Crippen LogP contribution is -2.36. The lowest BCUT2D eigenvalue weighted by Gasteiger charge is -2.22. The van der Waals surface area contributed by atoms with Gasteiger partial charge in [0.1, 0.15) is 0 Å². The van der Waals surface area contributed by atoms with Gasteiger partial charge in [-0.25, -0.2) is 0 Å². The minimum absolute atomic E-state index is 0.130. The van der Waals surface area contributed by atoms with Crippen LogP contribution < -0.4 is 0 Å². The van der Waals surface area contributed by atoms with Gasteiger partial charge in [0.2, 0.25) is 5.91 Å². The molecule has 0 aromatic rings. The van der Waals surface area contributed by atoms with E-state index >= 15 is 0 Å². The minimum Gasteiger partial charge on any atom is -0.379 e. The van der Waals surface area contributed by atoms with E-state index in [1.54, 1.807) is 4.90 Å². The molecule has 0 unspecified atom stereocenters. The van der Waals surface area contributed by atoms with Crippen molar-refractivity contribution >= 4 is 5.91 Å². The first kappa shape index (κ1) is 32.1. The van der Waals surface area contributed by atoms with Crippen molar-refractivity contribution < 1.29 is 14.3 Å². The quantitative estimate of drug-likeness (QED) is 0.108. The molecule has 1 amide bonds. The number of carbonyl (C=O) groups is 1. The third kappa shape index (κ3) is 23.3. The maximum absolute atomic E-state index is 12.6. The molecule has 0 aliphatic carbocycles. The fraction of sp³-hybridized carbons (Fsp3) is 0.821. The number of hydrogen-bond donors (Lipinski definition) is 0. The van der Waals surface area contributed by atoms with Gasteiger partial charge < -0.3 is 14.4 Å². The highest BCUT2D eigenvalue weighted by Crippen LogP contribution is 2.11. The molecule has 194 valence electrons. The van der Waals surface area contributed by atoms with Gasteiger partial charge in [-0.2, -0.15) is 10.5 Å². The summed E-state index contributed by atoms with van der Waals surface area (Å²) in [5.41, 5.74) is 0.